The molecular weight excluding hydrogens is 232 g/mol. The molecule has 0 amide bonds. The Bertz CT molecular complexity index is 406. The molecule has 0 aliphatic carbocycles. The van der Waals surface area contributed by atoms with Crippen LogP contribution in [0.1, 0.15) is 12.5 Å². The highest BCUT2D eigenvalue weighted by molar-refractivity contribution is 5.87. The van der Waals surface area contributed by atoms with E-state index in [1.54, 1.807) is 13.0 Å². The zero-order valence-corrected chi connectivity index (χ0v) is 10.7. The first-order valence-electron chi connectivity index (χ1n) is 5.75. The quantitative estimate of drug-likeness (QED) is 0.617. The lowest BCUT2D eigenvalue weighted by Crippen LogP contribution is -2.04. The number of aliphatic hydroxyl groups excluding tert-OH is 1. The molecule has 1 aromatic rings. The van der Waals surface area contributed by atoms with E-state index in [-0.39, 0.29) is 12.6 Å². The third-order valence-electron chi connectivity index (χ3n) is 2.47. The lowest BCUT2D eigenvalue weighted by atomic mass is 10.1. The fourth-order valence-corrected chi connectivity index (χ4v) is 1.39. The molecule has 0 bridgehead atoms. The second-order valence-corrected chi connectivity index (χ2v) is 3.81. The lowest BCUT2D eigenvalue weighted by Gasteiger charge is -2.05. The third-order valence-corrected chi connectivity index (χ3v) is 2.47. The van der Waals surface area contributed by atoms with Crippen LogP contribution in [-0.4, -0.2) is 31.4 Å². The topological polar surface area (TPSA) is 55.8 Å². The van der Waals surface area contributed by atoms with Gasteiger partial charge in [-0.3, -0.25) is 0 Å². The molecule has 4 heteroatoms. The second kappa shape index (κ2) is 7.50. The molecule has 0 fully saturated rings. The Kier molecular flexibility index (Phi) is 5.94. The van der Waals surface area contributed by atoms with Crippen molar-refractivity contribution < 1.29 is 19.4 Å². The fraction of sp³-hybridized carbons (Fsp3) is 0.357. The van der Waals surface area contributed by atoms with E-state index in [0.717, 1.165) is 11.3 Å². The first-order valence-corrected chi connectivity index (χ1v) is 5.75. The van der Waals surface area contributed by atoms with E-state index in [2.05, 4.69) is 4.74 Å². The zero-order chi connectivity index (χ0) is 13.4. The molecule has 0 atom stereocenters. The molecule has 1 aromatic carbocycles. The highest BCUT2D eigenvalue weighted by Crippen LogP contribution is 2.12. The highest BCUT2D eigenvalue weighted by Gasteiger charge is 2.01. The maximum absolute atomic E-state index is 11.1. The Labute approximate surface area is 107 Å². The van der Waals surface area contributed by atoms with Crippen LogP contribution in [-0.2, 0) is 16.0 Å². The van der Waals surface area contributed by atoms with Crippen molar-refractivity contribution in [3.05, 3.63) is 41.5 Å². The average Bonchev–Trinajstić information content (AvgIpc) is 2.40. The van der Waals surface area contributed by atoms with Gasteiger partial charge in [0, 0.05) is 12.2 Å². The first-order chi connectivity index (χ1) is 8.67. The van der Waals surface area contributed by atoms with Gasteiger partial charge in [-0.25, -0.2) is 4.79 Å². The number of carbonyl (C=O) groups excluding carboxylic acids is 1. The molecule has 1 rings (SSSR count). The van der Waals surface area contributed by atoms with Gasteiger partial charge in [-0.2, -0.15) is 0 Å². The smallest absolute Gasteiger partial charge is 0.333 e. The predicted octanol–water partition coefficient (Wildman–Crippen LogP) is 1.72. The Balaban J connectivity index is 2.46. The number of ether oxygens (including phenoxy) is 2. The third kappa shape index (κ3) is 4.59. The predicted molar refractivity (Wildman–Crippen MR) is 68.5 cm³/mol. The minimum atomic E-state index is -0.350. The van der Waals surface area contributed by atoms with Crippen molar-refractivity contribution in [2.75, 3.05) is 20.3 Å². The summed E-state index contributed by atoms with van der Waals surface area (Å²) in [4.78, 5) is 11.1. The summed E-state index contributed by atoms with van der Waals surface area (Å²) in [5.74, 6) is 0.377. The number of rotatable bonds is 6. The molecule has 0 aliphatic rings. The van der Waals surface area contributed by atoms with E-state index in [9.17, 15) is 4.79 Å². The highest BCUT2D eigenvalue weighted by atomic mass is 16.5. The molecule has 0 radical (unpaired) electrons. The maximum Gasteiger partial charge on any atom is 0.333 e. The summed E-state index contributed by atoms with van der Waals surface area (Å²) >= 11 is 0. The van der Waals surface area contributed by atoms with Crippen LogP contribution in [0.4, 0.5) is 0 Å². The fourth-order valence-electron chi connectivity index (χ4n) is 1.39. The standard InChI is InChI=1S/C14H18O4/c1-11(14(16)17-2)8-10-18-13-5-3-12(4-6-13)7-9-15/h3-6,8,15H,7,9-10H2,1-2H3/b11-8+. The number of hydrogen-bond donors (Lipinski definition) is 1. The summed E-state index contributed by atoms with van der Waals surface area (Å²) in [7, 11) is 1.35. The van der Waals surface area contributed by atoms with Gasteiger partial charge >= 0.3 is 5.97 Å². The molecule has 0 heterocycles. The van der Waals surface area contributed by atoms with Crippen molar-refractivity contribution in [2.24, 2.45) is 0 Å². The normalized spacial score (nSPS) is 11.2. The Morgan fingerprint density at radius 3 is 2.56 bits per heavy atom. The van der Waals surface area contributed by atoms with Gasteiger partial charge < -0.3 is 14.6 Å². The van der Waals surface area contributed by atoms with Gasteiger partial charge in [-0.15, -0.1) is 0 Å². The van der Waals surface area contributed by atoms with Crippen LogP contribution >= 0.6 is 0 Å². The molecule has 0 unspecified atom stereocenters. The molecule has 0 aliphatic heterocycles. The Morgan fingerprint density at radius 2 is 2.00 bits per heavy atom. The van der Waals surface area contributed by atoms with E-state index in [0.29, 0.717) is 18.6 Å². The first kappa shape index (κ1) is 14.3. The van der Waals surface area contributed by atoms with Crippen molar-refractivity contribution in [1.82, 2.24) is 0 Å². The summed E-state index contributed by atoms with van der Waals surface area (Å²) in [5.41, 5.74) is 1.58. The zero-order valence-electron chi connectivity index (χ0n) is 10.7. The molecule has 4 nitrogen and oxygen atoms in total. The molecule has 0 saturated heterocycles. The van der Waals surface area contributed by atoms with Crippen LogP contribution in [0.3, 0.4) is 0 Å². The van der Waals surface area contributed by atoms with E-state index in [1.165, 1.54) is 7.11 Å². The van der Waals surface area contributed by atoms with Gasteiger partial charge in [0.2, 0.25) is 0 Å². The SMILES string of the molecule is COC(=O)/C(C)=C/COc1ccc(CCO)cc1. The van der Waals surface area contributed by atoms with E-state index in [4.69, 9.17) is 9.84 Å². The Morgan fingerprint density at radius 1 is 1.33 bits per heavy atom. The number of methoxy groups -OCH3 is 1. The number of hydrogen-bond acceptors (Lipinski definition) is 4. The summed E-state index contributed by atoms with van der Waals surface area (Å²) in [6.45, 7) is 2.14. The van der Waals surface area contributed by atoms with E-state index in [1.807, 2.05) is 24.3 Å². The largest absolute Gasteiger partial charge is 0.490 e. The van der Waals surface area contributed by atoms with Crippen LogP contribution in [0.2, 0.25) is 0 Å². The summed E-state index contributed by atoms with van der Waals surface area (Å²) < 4.78 is 10.0. The van der Waals surface area contributed by atoms with Crippen LogP contribution < -0.4 is 4.74 Å². The molecule has 0 aromatic heterocycles. The number of benzene rings is 1. The van der Waals surface area contributed by atoms with Crippen LogP contribution in [0, 0.1) is 0 Å². The minimum Gasteiger partial charge on any atom is -0.490 e. The van der Waals surface area contributed by atoms with Crippen molar-refractivity contribution >= 4 is 5.97 Å². The molecular formula is C14H18O4. The minimum absolute atomic E-state index is 0.140. The molecule has 98 valence electrons. The van der Waals surface area contributed by atoms with Gasteiger partial charge in [-0.1, -0.05) is 12.1 Å². The van der Waals surface area contributed by atoms with Crippen LogP contribution in [0.5, 0.6) is 5.75 Å². The number of carbonyl (C=O) groups is 1. The monoisotopic (exact) mass is 250 g/mol. The summed E-state index contributed by atoms with van der Waals surface area (Å²) in [6, 6.07) is 7.49. The number of esters is 1. The van der Waals surface area contributed by atoms with Crippen molar-refractivity contribution in [2.45, 2.75) is 13.3 Å². The molecule has 18 heavy (non-hydrogen) atoms. The Hall–Kier alpha value is -1.81. The molecule has 1 N–H and O–H groups in total. The van der Waals surface area contributed by atoms with Gasteiger partial charge in [0.25, 0.3) is 0 Å². The second-order valence-electron chi connectivity index (χ2n) is 3.81. The number of aliphatic hydroxyl groups is 1. The van der Waals surface area contributed by atoms with E-state index >= 15 is 0 Å². The van der Waals surface area contributed by atoms with Crippen LogP contribution in [0.15, 0.2) is 35.9 Å². The average molecular weight is 250 g/mol. The van der Waals surface area contributed by atoms with Gasteiger partial charge in [0.05, 0.1) is 7.11 Å². The van der Waals surface area contributed by atoms with Crippen molar-refractivity contribution in [3.63, 3.8) is 0 Å². The lowest BCUT2D eigenvalue weighted by molar-refractivity contribution is -0.136. The van der Waals surface area contributed by atoms with Gasteiger partial charge in [0.15, 0.2) is 0 Å². The van der Waals surface area contributed by atoms with E-state index < -0.39 is 0 Å². The summed E-state index contributed by atoms with van der Waals surface area (Å²) in [5, 5.41) is 8.78. The molecule has 0 spiro atoms. The summed E-state index contributed by atoms with van der Waals surface area (Å²) in [6.07, 6.45) is 2.31. The van der Waals surface area contributed by atoms with Gasteiger partial charge in [0.1, 0.15) is 12.4 Å². The van der Waals surface area contributed by atoms with Crippen molar-refractivity contribution in [1.29, 1.82) is 0 Å². The maximum atomic E-state index is 11.1. The van der Waals surface area contributed by atoms with Crippen molar-refractivity contribution in [3.8, 4) is 5.75 Å². The molecule has 0 saturated carbocycles. The van der Waals surface area contributed by atoms with Gasteiger partial charge in [-0.05, 0) is 37.1 Å². The van der Waals surface area contributed by atoms with Crippen LogP contribution in [0.25, 0.3) is 0 Å².